The van der Waals surface area contributed by atoms with Crippen LogP contribution >= 0.6 is 0 Å². The molecule has 0 bridgehead atoms. The number of piperidine rings is 1. The molecule has 2 heterocycles. The molecule has 0 amide bonds. The van der Waals surface area contributed by atoms with Crippen LogP contribution in [0.4, 0.5) is 0 Å². The summed E-state index contributed by atoms with van der Waals surface area (Å²) in [5, 5.41) is 3.71. The van der Waals surface area contributed by atoms with Crippen LogP contribution in [0, 0.1) is 5.92 Å². The van der Waals surface area contributed by atoms with E-state index >= 15 is 0 Å². The molecule has 88 valence electrons. The van der Waals surface area contributed by atoms with E-state index in [-0.39, 0.29) is 0 Å². The molecular weight excluding hydrogens is 188 g/mol. The van der Waals surface area contributed by atoms with Gasteiger partial charge in [0, 0.05) is 31.7 Å². The molecule has 3 unspecified atom stereocenters. The summed E-state index contributed by atoms with van der Waals surface area (Å²) >= 11 is 0. The van der Waals surface area contributed by atoms with Crippen LogP contribution in [0.3, 0.4) is 0 Å². The van der Waals surface area contributed by atoms with Gasteiger partial charge in [-0.1, -0.05) is 6.92 Å². The summed E-state index contributed by atoms with van der Waals surface area (Å²) < 4.78 is 5.37. The van der Waals surface area contributed by atoms with E-state index in [2.05, 4.69) is 24.1 Å². The van der Waals surface area contributed by atoms with Gasteiger partial charge in [0.2, 0.25) is 0 Å². The third kappa shape index (κ3) is 3.44. The number of nitrogens with one attached hydrogen (secondary N) is 1. The number of hydrogen-bond donors (Lipinski definition) is 1. The summed E-state index contributed by atoms with van der Waals surface area (Å²) in [6.45, 7) is 9.95. The molecular formula is C12H24N2O. The summed E-state index contributed by atoms with van der Waals surface area (Å²) in [4.78, 5) is 2.53. The van der Waals surface area contributed by atoms with Crippen molar-refractivity contribution in [2.24, 2.45) is 5.92 Å². The van der Waals surface area contributed by atoms with Crippen molar-refractivity contribution in [2.45, 2.75) is 38.8 Å². The molecule has 0 saturated carbocycles. The fraction of sp³-hybridized carbons (Fsp3) is 1.00. The average Bonchev–Trinajstić information content (AvgIpc) is 2.17. The molecule has 2 rings (SSSR count). The van der Waals surface area contributed by atoms with Crippen molar-refractivity contribution >= 4 is 0 Å². The zero-order valence-corrected chi connectivity index (χ0v) is 10.0. The van der Waals surface area contributed by atoms with Crippen molar-refractivity contribution in [3.05, 3.63) is 0 Å². The van der Waals surface area contributed by atoms with Crippen LogP contribution in [0.5, 0.6) is 0 Å². The van der Waals surface area contributed by atoms with Gasteiger partial charge in [-0.25, -0.2) is 0 Å². The summed E-state index contributed by atoms with van der Waals surface area (Å²) in [6, 6.07) is 1.39. The van der Waals surface area contributed by atoms with Gasteiger partial charge in [-0.15, -0.1) is 0 Å². The van der Waals surface area contributed by atoms with Crippen molar-refractivity contribution in [1.29, 1.82) is 0 Å². The molecule has 0 aromatic rings. The molecule has 2 fully saturated rings. The maximum Gasteiger partial charge on any atom is 0.0594 e. The van der Waals surface area contributed by atoms with Crippen LogP contribution in [0.25, 0.3) is 0 Å². The Bertz CT molecular complexity index is 182. The highest BCUT2D eigenvalue weighted by Crippen LogP contribution is 2.20. The number of rotatable bonds is 2. The minimum Gasteiger partial charge on any atom is -0.379 e. The fourth-order valence-corrected chi connectivity index (χ4v) is 2.95. The van der Waals surface area contributed by atoms with E-state index in [1.54, 1.807) is 0 Å². The normalized spacial score (nSPS) is 39.2. The molecule has 3 nitrogen and oxygen atoms in total. The molecule has 0 aromatic heterocycles. The van der Waals surface area contributed by atoms with Crippen LogP contribution < -0.4 is 5.32 Å². The van der Waals surface area contributed by atoms with Gasteiger partial charge in [0.15, 0.2) is 0 Å². The van der Waals surface area contributed by atoms with Crippen LogP contribution in [-0.4, -0.2) is 49.8 Å². The highest BCUT2D eigenvalue weighted by molar-refractivity contribution is 4.84. The summed E-state index contributed by atoms with van der Waals surface area (Å²) in [6.07, 6.45) is 2.67. The Morgan fingerprint density at radius 3 is 2.60 bits per heavy atom. The maximum absolute atomic E-state index is 5.37. The monoisotopic (exact) mass is 212 g/mol. The number of morpholine rings is 1. The summed E-state index contributed by atoms with van der Waals surface area (Å²) in [5.74, 6) is 0.882. The van der Waals surface area contributed by atoms with Gasteiger partial charge in [0.05, 0.1) is 13.2 Å². The SMILES string of the molecule is CC1CC(C)NC(CN2CCOCC2)C1. The van der Waals surface area contributed by atoms with E-state index in [0.717, 1.165) is 32.2 Å². The van der Waals surface area contributed by atoms with Gasteiger partial charge in [-0.3, -0.25) is 4.90 Å². The molecule has 3 heteroatoms. The first kappa shape index (κ1) is 11.4. The predicted octanol–water partition coefficient (Wildman–Crippen LogP) is 1.10. The average molecular weight is 212 g/mol. The first-order valence-electron chi connectivity index (χ1n) is 6.30. The first-order chi connectivity index (χ1) is 7.24. The molecule has 0 radical (unpaired) electrons. The van der Waals surface area contributed by atoms with Crippen LogP contribution in [0.2, 0.25) is 0 Å². The first-order valence-corrected chi connectivity index (χ1v) is 6.30. The number of hydrogen-bond acceptors (Lipinski definition) is 3. The van der Waals surface area contributed by atoms with Gasteiger partial charge < -0.3 is 10.1 Å². The molecule has 0 aliphatic carbocycles. The van der Waals surface area contributed by atoms with E-state index in [1.165, 1.54) is 19.4 Å². The molecule has 15 heavy (non-hydrogen) atoms. The zero-order valence-electron chi connectivity index (χ0n) is 10.0. The standard InChI is InChI=1S/C12H24N2O/c1-10-7-11(2)13-12(8-10)9-14-3-5-15-6-4-14/h10-13H,3-9H2,1-2H3. The third-order valence-electron chi connectivity index (χ3n) is 3.55. The van der Waals surface area contributed by atoms with Gasteiger partial charge >= 0.3 is 0 Å². The van der Waals surface area contributed by atoms with E-state index in [0.29, 0.717) is 12.1 Å². The van der Waals surface area contributed by atoms with Gasteiger partial charge in [0.25, 0.3) is 0 Å². The lowest BCUT2D eigenvalue weighted by Crippen LogP contribution is -2.51. The molecule has 0 spiro atoms. The van der Waals surface area contributed by atoms with Crippen molar-refractivity contribution < 1.29 is 4.74 Å². The summed E-state index contributed by atoms with van der Waals surface area (Å²) in [5.41, 5.74) is 0. The molecule has 2 aliphatic heterocycles. The lowest BCUT2D eigenvalue weighted by molar-refractivity contribution is 0.0296. The minimum atomic E-state index is 0.694. The van der Waals surface area contributed by atoms with E-state index in [1.807, 2.05) is 0 Å². The largest absolute Gasteiger partial charge is 0.379 e. The quantitative estimate of drug-likeness (QED) is 0.742. The fourth-order valence-electron chi connectivity index (χ4n) is 2.95. The van der Waals surface area contributed by atoms with Crippen molar-refractivity contribution in [3.8, 4) is 0 Å². The molecule has 3 atom stereocenters. The van der Waals surface area contributed by atoms with Crippen molar-refractivity contribution in [2.75, 3.05) is 32.8 Å². The lowest BCUT2D eigenvalue weighted by Gasteiger charge is -2.37. The molecule has 1 N–H and O–H groups in total. The van der Waals surface area contributed by atoms with Crippen LogP contribution in [0.1, 0.15) is 26.7 Å². The Labute approximate surface area is 93.2 Å². The Morgan fingerprint density at radius 2 is 1.93 bits per heavy atom. The number of nitrogens with zero attached hydrogens (tertiary/aromatic N) is 1. The number of ether oxygens (including phenoxy) is 1. The van der Waals surface area contributed by atoms with Gasteiger partial charge in [0.1, 0.15) is 0 Å². The predicted molar refractivity (Wildman–Crippen MR) is 62.0 cm³/mol. The topological polar surface area (TPSA) is 24.5 Å². The van der Waals surface area contributed by atoms with Crippen molar-refractivity contribution in [1.82, 2.24) is 10.2 Å². The Kier molecular flexibility index (Phi) is 4.00. The third-order valence-corrected chi connectivity index (χ3v) is 3.55. The molecule has 0 aromatic carbocycles. The van der Waals surface area contributed by atoms with Crippen LogP contribution in [0.15, 0.2) is 0 Å². The highest BCUT2D eigenvalue weighted by atomic mass is 16.5. The van der Waals surface area contributed by atoms with E-state index < -0.39 is 0 Å². The Balaban J connectivity index is 1.77. The molecule has 2 saturated heterocycles. The Morgan fingerprint density at radius 1 is 1.20 bits per heavy atom. The van der Waals surface area contributed by atoms with E-state index in [9.17, 15) is 0 Å². The Hall–Kier alpha value is -0.120. The van der Waals surface area contributed by atoms with Gasteiger partial charge in [-0.05, 0) is 25.7 Å². The second-order valence-electron chi connectivity index (χ2n) is 5.25. The minimum absolute atomic E-state index is 0.694. The second-order valence-corrected chi connectivity index (χ2v) is 5.25. The van der Waals surface area contributed by atoms with Gasteiger partial charge in [-0.2, -0.15) is 0 Å². The van der Waals surface area contributed by atoms with E-state index in [4.69, 9.17) is 4.74 Å². The molecule has 2 aliphatic rings. The second kappa shape index (κ2) is 5.28. The van der Waals surface area contributed by atoms with Crippen LogP contribution in [-0.2, 0) is 4.74 Å². The highest BCUT2D eigenvalue weighted by Gasteiger charge is 2.25. The lowest BCUT2D eigenvalue weighted by atomic mass is 9.90. The maximum atomic E-state index is 5.37. The van der Waals surface area contributed by atoms with Crippen molar-refractivity contribution in [3.63, 3.8) is 0 Å². The zero-order chi connectivity index (χ0) is 10.7. The summed E-state index contributed by atoms with van der Waals surface area (Å²) in [7, 11) is 0. The smallest absolute Gasteiger partial charge is 0.0594 e.